The first kappa shape index (κ1) is 22.8. The summed E-state index contributed by atoms with van der Waals surface area (Å²) in [6, 6.07) is 15.8. The van der Waals surface area contributed by atoms with Crippen molar-refractivity contribution in [2.75, 3.05) is 31.3 Å². The maximum absolute atomic E-state index is 12.5. The molecule has 2 aliphatic rings. The number of nitrogens with one attached hydrogen (secondary N) is 3. The van der Waals surface area contributed by atoms with Crippen molar-refractivity contribution in [2.24, 2.45) is 5.10 Å². The van der Waals surface area contributed by atoms with Gasteiger partial charge in [-0.25, -0.2) is 5.43 Å². The maximum Gasteiger partial charge on any atom is 0.275 e. The third kappa shape index (κ3) is 5.35. The van der Waals surface area contributed by atoms with Gasteiger partial charge in [-0.15, -0.1) is 0 Å². The van der Waals surface area contributed by atoms with Gasteiger partial charge in [-0.2, -0.15) is 5.10 Å². The highest BCUT2D eigenvalue weighted by molar-refractivity contribution is 8.08. The quantitative estimate of drug-likeness (QED) is 0.536. The molecule has 170 valence electrons. The normalized spacial score (nSPS) is 17.2. The second-order valence-electron chi connectivity index (χ2n) is 8.13. The number of benzene rings is 2. The van der Waals surface area contributed by atoms with Gasteiger partial charge >= 0.3 is 0 Å². The Hall–Kier alpha value is -3.36. The number of allylic oxidation sites excluding steroid dienone is 1. The van der Waals surface area contributed by atoms with Crippen LogP contribution in [0.3, 0.4) is 0 Å². The molecule has 0 saturated carbocycles. The van der Waals surface area contributed by atoms with Crippen molar-refractivity contribution >= 4 is 45.6 Å². The van der Waals surface area contributed by atoms with Gasteiger partial charge in [0, 0.05) is 26.7 Å². The van der Waals surface area contributed by atoms with E-state index in [1.165, 1.54) is 0 Å². The minimum atomic E-state index is -0.182. The Balaban J connectivity index is 1.61. The Morgan fingerprint density at radius 3 is 2.61 bits per heavy atom. The minimum Gasteiger partial charge on any atom is -0.354 e. The highest BCUT2D eigenvalue weighted by Crippen LogP contribution is 2.42. The van der Waals surface area contributed by atoms with E-state index in [0.29, 0.717) is 12.1 Å². The molecular weight excluding hydrogens is 434 g/mol. The number of fused-ring (bicyclic) bond motifs is 1. The lowest BCUT2D eigenvalue weighted by atomic mass is 10.0. The molecule has 0 bridgehead atoms. The number of carbonyl (C=O) groups excluding carboxylic acids is 2. The molecule has 0 saturated heterocycles. The van der Waals surface area contributed by atoms with E-state index in [1.54, 1.807) is 11.8 Å². The number of likely N-dealkylation sites (N-methyl/N-ethyl adjacent to an activating group) is 1. The molecule has 0 aliphatic carbocycles. The summed E-state index contributed by atoms with van der Waals surface area (Å²) in [6.45, 7) is 2.41. The van der Waals surface area contributed by atoms with Crippen molar-refractivity contribution in [1.29, 1.82) is 0 Å². The summed E-state index contributed by atoms with van der Waals surface area (Å²) in [6.07, 6.45) is 3.66. The number of rotatable bonds is 7. The number of carbonyl (C=O) groups is 2. The maximum atomic E-state index is 12.5. The van der Waals surface area contributed by atoms with Gasteiger partial charge in [-0.3, -0.25) is 9.59 Å². The molecule has 0 atom stereocenters. The van der Waals surface area contributed by atoms with Gasteiger partial charge in [0.25, 0.3) is 5.91 Å². The van der Waals surface area contributed by atoms with E-state index in [2.05, 4.69) is 34.2 Å². The summed E-state index contributed by atoms with van der Waals surface area (Å²) in [7, 11) is 3.72. The molecule has 2 heterocycles. The second kappa shape index (κ2) is 10.1. The van der Waals surface area contributed by atoms with Gasteiger partial charge in [-0.05, 0) is 56.9 Å². The zero-order valence-corrected chi connectivity index (χ0v) is 19.8. The summed E-state index contributed by atoms with van der Waals surface area (Å²) in [5.74, 6) is -0.232. The lowest BCUT2D eigenvalue weighted by Gasteiger charge is -2.22. The van der Waals surface area contributed by atoms with E-state index in [1.807, 2.05) is 67.5 Å². The van der Waals surface area contributed by atoms with Gasteiger partial charge in [0.2, 0.25) is 5.91 Å². The Morgan fingerprint density at radius 1 is 1.12 bits per heavy atom. The van der Waals surface area contributed by atoms with Crippen LogP contribution in [0.4, 0.5) is 11.4 Å². The second-order valence-corrected chi connectivity index (χ2v) is 9.25. The standard InChI is InChI=1S/C25H27N5O2S/c1-4-7-20-24(25(32)29-28-20)21-14-22(18-8-5-6-9-19(18)27-21)33-17-12-10-16(11-13-17)26-23(31)15-30(2)3/h5-6,8-14,27H,4,7,15H2,1-3H3,(H,26,31)(H,29,32). The molecule has 2 aliphatic heterocycles. The number of para-hydroxylation sites is 1. The van der Waals surface area contributed by atoms with E-state index >= 15 is 0 Å². The fraction of sp³-hybridized carbons (Fsp3) is 0.240. The Kier molecular flexibility index (Phi) is 6.96. The van der Waals surface area contributed by atoms with Gasteiger partial charge in [-0.1, -0.05) is 43.3 Å². The van der Waals surface area contributed by atoms with Gasteiger partial charge < -0.3 is 15.5 Å². The number of amides is 2. The Morgan fingerprint density at radius 2 is 1.88 bits per heavy atom. The van der Waals surface area contributed by atoms with Crippen LogP contribution in [0, 0.1) is 0 Å². The smallest absolute Gasteiger partial charge is 0.275 e. The van der Waals surface area contributed by atoms with Crippen LogP contribution >= 0.6 is 11.8 Å². The van der Waals surface area contributed by atoms with Crippen molar-refractivity contribution in [1.82, 2.24) is 10.3 Å². The third-order valence-electron chi connectivity index (χ3n) is 5.13. The van der Waals surface area contributed by atoms with Crippen LogP contribution < -0.4 is 16.1 Å². The van der Waals surface area contributed by atoms with Crippen LogP contribution in [-0.4, -0.2) is 43.1 Å². The molecule has 2 aromatic carbocycles. The fourth-order valence-electron chi connectivity index (χ4n) is 3.69. The first-order valence-corrected chi connectivity index (χ1v) is 11.7. The molecule has 0 aromatic heterocycles. The SMILES string of the molecule is CCCC1=NNC(=O)C1=C1C=C(Sc2ccc(NC(=O)CN(C)C)cc2)c2ccccc2N1. The monoisotopic (exact) mass is 461 g/mol. The minimum absolute atomic E-state index is 0.0500. The van der Waals surface area contributed by atoms with Crippen molar-refractivity contribution in [3.63, 3.8) is 0 Å². The zero-order valence-electron chi connectivity index (χ0n) is 18.9. The number of anilines is 2. The van der Waals surface area contributed by atoms with Crippen LogP contribution in [-0.2, 0) is 9.59 Å². The zero-order chi connectivity index (χ0) is 23.4. The summed E-state index contributed by atoms with van der Waals surface area (Å²) < 4.78 is 0. The number of nitrogens with zero attached hydrogens (tertiary/aromatic N) is 2. The first-order chi connectivity index (χ1) is 15.9. The number of thioether (sulfide) groups is 1. The molecule has 8 heteroatoms. The highest BCUT2D eigenvalue weighted by atomic mass is 32.2. The highest BCUT2D eigenvalue weighted by Gasteiger charge is 2.28. The summed E-state index contributed by atoms with van der Waals surface area (Å²) in [5, 5.41) is 10.5. The predicted octanol–water partition coefficient (Wildman–Crippen LogP) is 4.29. The van der Waals surface area contributed by atoms with E-state index in [4.69, 9.17) is 0 Å². The van der Waals surface area contributed by atoms with E-state index in [0.717, 1.165) is 51.0 Å². The topological polar surface area (TPSA) is 85.8 Å². The van der Waals surface area contributed by atoms with Gasteiger partial charge in [0.1, 0.15) is 0 Å². The molecule has 2 amide bonds. The van der Waals surface area contributed by atoms with Gasteiger partial charge in [0.05, 0.1) is 23.5 Å². The van der Waals surface area contributed by atoms with Crippen molar-refractivity contribution in [3.05, 3.63) is 71.4 Å². The third-order valence-corrected chi connectivity index (χ3v) is 6.19. The van der Waals surface area contributed by atoms with Crippen LogP contribution in [0.1, 0.15) is 25.3 Å². The Labute approximate surface area is 198 Å². The number of hydrogen-bond donors (Lipinski definition) is 3. The largest absolute Gasteiger partial charge is 0.354 e. The van der Waals surface area contributed by atoms with Crippen LogP contribution in [0.5, 0.6) is 0 Å². The summed E-state index contributed by atoms with van der Waals surface area (Å²) >= 11 is 1.62. The molecule has 33 heavy (non-hydrogen) atoms. The van der Waals surface area contributed by atoms with E-state index in [-0.39, 0.29) is 11.8 Å². The van der Waals surface area contributed by atoms with Crippen LogP contribution in [0.25, 0.3) is 4.91 Å². The molecular formula is C25H27N5O2S. The molecule has 0 spiro atoms. The number of hydrogen-bond acceptors (Lipinski definition) is 6. The summed E-state index contributed by atoms with van der Waals surface area (Å²) in [5.41, 5.74) is 7.52. The molecule has 0 fully saturated rings. The van der Waals surface area contributed by atoms with Crippen LogP contribution in [0.2, 0.25) is 0 Å². The van der Waals surface area contributed by atoms with E-state index in [9.17, 15) is 9.59 Å². The molecule has 4 rings (SSSR count). The van der Waals surface area contributed by atoms with E-state index < -0.39 is 0 Å². The van der Waals surface area contributed by atoms with Crippen LogP contribution in [0.15, 0.2) is 75.9 Å². The lowest BCUT2D eigenvalue weighted by Crippen LogP contribution is -2.27. The summed E-state index contributed by atoms with van der Waals surface area (Å²) in [4.78, 5) is 28.4. The Bertz CT molecular complexity index is 1170. The average molecular weight is 462 g/mol. The fourth-order valence-corrected chi connectivity index (χ4v) is 4.68. The molecule has 0 radical (unpaired) electrons. The molecule has 2 aromatic rings. The average Bonchev–Trinajstić information content (AvgIpc) is 3.14. The van der Waals surface area contributed by atoms with Crippen molar-refractivity contribution in [3.8, 4) is 0 Å². The van der Waals surface area contributed by atoms with Crippen molar-refractivity contribution in [2.45, 2.75) is 24.7 Å². The lowest BCUT2D eigenvalue weighted by molar-refractivity contribution is -0.117. The first-order valence-electron chi connectivity index (χ1n) is 10.9. The molecule has 0 unspecified atom stereocenters. The molecule has 7 nitrogen and oxygen atoms in total. The molecule has 3 N–H and O–H groups in total. The van der Waals surface area contributed by atoms with Crippen molar-refractivity contribution < 1.29 is 9.59 Å². The number of hydrazone groups is 1. The van der Waals surface area contributed by atoms with Gasteiger partial charge in [0.15, 0.2) is 0 Å². The predicted molar refractivity (Wildman–Crippen MR) is 135 cm³/mol.